The highest BCUT2D eigenvalue weighted by Crippen LogP contribution is 2.30. The van der Waals surface area contributed by atoms with Crippen molar-refractivity contribution in [2.45, 2.75) is 11.7 Å². The third kappa shape index (κ3) is 4.50. The number of carbonyl (C=O) groups excluding carboxylic acids is 3. The number of nitrogens with one attached hydrogen (secondary N) is 1. The molecule has 1 aromatic carbocycles. The number of thioether (sulfide) groups is 1. The number of morpholine rings is 1. The zero-order valence-electron chi connectivity index (χ0n) is 13.5. The molecule has 1 atom stereocenters. The van der Waals surface area contributed by atoms with Crippen LogP contribution in [-0.4, -0.2) is 70.2 Å². The molecule has 25 heavy (non-hydrogen) atoms. The van der Waals surface area contributed by atoms with Crippen LogP contribution < -0.4 is 5.32 Å². The number of aromatic hydroxyl groups is 1. The first kappa shape index (κ1) is 17.7. The van der Waals surface area contributed by atoms with Crippen LogP contribution in [0, 0.1) is 0 Å². The van der Waals surface area contributed by atoms with Crippen molar-refractivity contribution in [3.63, 3.8) is 0 Å². The van der Waals surface area contributed by atoms with E-state index < -0.39 is 5.25 Å². The number of ether oxygens (including phenoxy) is 1. The highest BCUT2D eigenvalue weighted by Gasteiger charge is 2.41. The van der Waals surface area contributed by atoms with E-state index in [-0.39, 0.29) is 35.9 Å². The van der Waals surface area contributed by atoms with E-state index in [1.807, 2.05) is 4.90 Å². The van der Waals surface area contributed by atoms with E-state index in [4.69, 9.17) is 4.74 Å². The number of anilines is 1. The first-order chi connectivity index (χ1) is 12.0. The summed E-state index contributed by atoms with van der Waals surface area (Å²) in [6, 6.07) is 6.15. The fraction of sp³-hybridized carbons (Fsp3) is 0.438. The highest BCUT2D eigenvalue weighted by atomic mass is 32.2. The van der Waals surface area contributed by atoms with E-state index in [0.29, 0.717) is 32.0 Å². The van der Waals surface area contributed by atoms with Crippen molar-refractivity contribution in [2.75, 3.05) is 38.3 Å². The Kier molecular flexibility index (Phi) is 5.57. The molecule has 2 aliphatic heterocycles. The van der Waals surface area contributed by atoms with Crippen molar-refractivity contribution < 1.29 is 24.2 Å². The second-order valence-electron chi connectivity index (χ2n) is 5.81. The summed E-state index contributed by atoms with van der Waals surface area (Å²) in [5.41, 5.74) is 0.442. The van der Waals surface area contributed by atoms with Crippen molar-refractivity contribution in [1.82, 2.24) is 9.80 Å². The molecule has 0 aromatic heterocycles. The van der Waals surface area contributed by atoms with Crippen molar-refractivity contribution >= 4 is 34.5 Å². The molecule has 3 amide bonds. The Hall–Kier alpha value is -2.10. The lowest BCUT2D eigenvalue weighted by molar-refractivity contribution is -0.130. The lowest BCUT2D eigenvalue weighted by Crippen LogP contribution is -2.46. The quantitative estimate of drug-likeness (QED) is 0.805. The molecule has 0 spiro atoms. The molecular formula is C16H19N3O5S. The van der Waals surface area contributed by atoms with E-state index in [2.05, 4.69) is 5.32 Å². The van der Waals surface area contributed by atoms with E-state index in [1.165, 1.54) is 17.0 Å². The predicted molar refractivity (Wildman–Crippen MR) is 92.2 cm³/mol. The number of imide groups is 1. The maximum atomic E-state index is 12.4. The highest BCUT2D eigenvalue weighted by molar-refractivity contribution is 8.15. The van der Waals surface area contributed by atoms with Gasteiger partial charge in [-0.2, -0.15) is 0 Å². The maximum Gasteiger partial charge on any atom is 0.290 e. The molecule has 1 aromatic rings. The normalized spacial score (nSPS) is 21.6. The fourth-order valence-corrected chi connectivity index (χ4v) is 3.64. The van der Waals surface area contributed by atoms with Gasteiger partial charge in [0.1, 0.15) is 11.0 Å². The lowest BCUT2D eigenvalue weighted by Gasteiger charge is -2.29. The van der Waals surface area contributed by atoms with Crippen molar-refractivity contribution in [2.24, 2.45) is 0 Å². The number of nitrogens with zero attached hydrogens (tertiary/aromatic N) is 2. The molecule has 3 rings (SSSR count). The lowest BCUT2D eigenvalue weighted by atomic mass is 10.2. The van der Waals surface area contributed by atoms with Gasteiger partial charge in [0.2, 0.25) is 11.8 Å². The van der Waals surface area contributed by atoms with Gasteiger partial charge in [0.15, 0.2) is 0 Å². The zero-order valence-corrected chi connectivity index (χ0v) is 14.3. The molecule has 2 saturated heterocycles. The molecule has 2 aliphatic rings. The third-order valence-corrected chi connectivity index (χ3v) is 5.03. The van der Waals surface area contributed by atoms with Crippen LogP contribution in [0.4, 0.5) is 10.5 Å². The molecule has 2 N–H and O–H groups in total. The second kappa shape index (κ2) is 7.85. The Bertz CT molecular complexity index is 677. The van der Waals surface area contributed by atoms with E-state index in [1.54, 1.807) is 12.1 Å². The van der Waals surface area contributed by atoms with E-state index in [0.717, 1.165) is 11.8 Å². The van der Waals surface area contributed by atoms with Crippen LogP contribution in [0.5, 0.6) is 5.75 Å². The fourth-order valence-electron chi connectivity index (χ4n) is 2.66. The summed E-state index contributed by atoms with van der Waals surface area (Å²) >= 11 is 0.882. The number of carbonyl (C=O) groups is 3. The van der Waals surface area contributed by atoms with Gasteiger partial charge in [-0.1, -0.05) is 17.8 Å². The van der Waals surface area contributed by atoms with Crippen LogP contribution in [0.3, 0.4) is 0 Å². The van der Waals surface area contributed by atoms with Crippen LogP contribution in [0.25, 0.3) is 0 Å². The van der Waals surface area contributed by atoms with Crippen molar-refractivity contribution in [3.05, 3.63) is 24.3 Å². The molecule has 0 bridgehead atoms. The van der Waals surface area contributed by atoms with E-state index in [9.17, 15) is 19.5 Å². The van der Waals surface area contributed by atoms with Crippen LogP contribution in [-0.2, 0) is 14.3 Å². The minimum atomic E-state index is -0.717. The van der Waals surface area contributed by atoms with Crippen LogP contribution in [0.1, 0.15) is 6.42 Å². The topological polar surface area (TPSA) is 99.2 Å². The van der Waals surface area contributed by atoms with Crippen LogP contribution >= 0.6 is 11.8 Å². The third-order valence-electron chi connectivity index (χ3n) is 3.95. The van der Waals surface area contributed by atoms with E-state index >= 15 is 0 Å². The number of benzene rings is 1. The summed E-state index contributed by atoms with van der Waals surface area (Å²) in [5, 5.41) is 11.0. The summed E-state index contributed by atoms with van der Waals surface area (Å²) < 4.78 is 5.25. The summed E-state index contributed by atoms with van der Waals surface area (Å²) in [5.74, 6) is -0.680. The first-order valence-corrected chi connectivity index (χ1v) is 8.82. The maximum absolute atomic E-state index is 12.4. The zero-order chi connectivity index (χ0) is 17.8. The standard InChI is InChI=1S/C16H19N3O5S/c20-12-3-1-2-11(8-12)17-14(21)9-13-15(22)19(16(23)25-13)10-18-4-6-24-7-5-18/h1-3,8,13,20H,4-7,9-10H2,(H,17,21)/t13-/m1/s1. The summed E-state index contributed by atoms with van der Waals surface area (Å²) in [6.07, 6.45) is -0.0928. The number of phenols is 1. The van der Waals surface area contributed by atoms with Gasteiger partial charge < -0.3 is 15.2 Å². The molecule has 0 radical (unpaired) electrons. The Labute approximate surface area is 149 Å². The van der Waals surface area contributed by atoms with Gasteiger partial charge in [0, 0.05) is 31.3 Å². The Morgan fingerprint density at radius 3 is 2.80 bits per heavy atom. The first-order valence-electron chi connectivity index (χ1n) is 7.94. The molecule has 0 unspecified atom stereocenters. The number of phenolic OH excluding ortho intramolecular Hbond substituents is 1. The smallest absolute Gasteiger partial charge is 0.290 e. The molecule has 0 saturated carbocycles. The largest absolute Gasteiger partial charge is 0.508 e. The summed E-state index contributed by atoms with van der Waals surface area (Å²) in [6.45, 7) is 2.74. The van der Waals surface area contributed by atoms with Gasteiger partial charge in [-0.25, -0.2) is 0 Å². The number of rotatable bonds is 5. The minimum absolute atomic E-state index is 0.0379. The molecule has 2 fully saturated rings. The molecule has 134 valence electrons. The number of amides is 3. The molecule has 2 heterocycles. The Morgan fingerprint density at radius 1 is 1.32 bits per heavy atom. The molecule has 9 heteroatoms. The minimum Gasteiger partial charge on any atom is -0.508 e. The Balaban J connectivity index is 1.55. The van der Waals surface area contributed by atoms with Crippen LogP contribution in [0.15, 0.2) is 24.3 Å². The summed E-state index contributed by atoms with van der Waals surface area (Å²) in [4.78, 5) is 39.8. The molecule has 8 nitrogen and oxygen atoms in total. The predicted octanol–water partition coefficient (Wildman–Crippen LogP) is 1.07. The number of hydrogen-bond donors (Lipinski definition) is 2. The monoisotopic (exact) mass is 365 g/mol. The second-order valence-corrected chi connectivity index (χ2v) is 6.97. The van der Waals surface area contributed by atoms with Gasteiger partial charge in [-0.3, -0.25) is 24.2 Å². The van der Waals surface area contributed by atoms with Gasteiger partial charge in [0.25, 0.3) is 5.24 Å². The van der Waals surface area contributed by atoms with Gasteiger partial charge in [-0.15, -0.1) is 0 Å². The van der Waals surface area contributed by atoms with Crippen molar-refractivity contribution in [1.29, 1.82) is 0 Å². The van der Waals surface area contributed by atoms with Gasteiger partial charge in [-0.05, 0) is 12.1 Å². The number of hydrogen-bond acceptors (Lipinski definition) is 7. The average Bonchev–Trinajstić information content (AvgIpc) is 2.83. The van der Waals surface area contributed by atoms with Gasteiger partial charge >= 0.3 is 0 Å². The van der Waals surface area contributed by atoms with Gasteiger partial charge in [0.05, 0.1) is 19.9 Å². The summed E-state index contributed by atoms with van der Waals surface area (Å²) in [7, 11) is 0. The van der Waals surface area contributed by atoms with Crippen molar-refractivity contribution in [3.8, 4) is 5.75 Å². The molecular weight excluding hydrogens is 346 g/mol. The average molecular weight is 365 g/mol. The molecule has 0 aliphatic carbocycles. The SMILES string of the molecule is O=C(C[C@H]1SC(=O)N(CN2CCOCC2)C1=O)Nc1cccc(O)c1. The van der Waals surface area contributed by atoms with Crippen LogP contribution in [0.2, 0.25) is 0 Å². The Morgan fingerprint density at radius 2 is 2.08 bits per heavy atom.